The van der Waals surface area contributed by atoms with Crippen molar-refractivity contribution in [2.24, 2.45) is 17.8 Å². The summed E-state index contributed by atoms with van der Waals surface area (Å²) in [5.74, 6) is 2.37. The molecule has 0 aromatic rings. The van der Waals surface area contributed by atoms with Crippen LogP contribution in [0.4, 0.5) is 0 Å². The van der Waals surface area contributed by atoms with Crippen molar-refractivity contribution in [3.05, 3.63) is 35.5 Å². The first-order chi connectivity index (χ1) is 11.9. The summed E-state index contributed by atoms with van der Waals surface area (Å²) in [6.45, 7) is 10.9. The highest BCUT2D eigenvalue weighted by Crippen LogP contribution is 2.34. The van der Waals surface area contributed by atoms with Gasteiger partial charge >= 0.3 is 0 Å². The summed E-state index contributed by atoms with van der Waals surface area (Å²) >= 11 is 0. The number of allylic oxidation sites excluding steroid dienone is 3. The van der Waals surface area contributed by atoms with Crippen molar-refractivity contribution in [1.29, 1.82) is 0 Å². The summed E-state index contributed by atoms with van der Waals surface area (Å²) in [7, 11) is 0. The predicted octanol–water partition coefficient (Wildman–Crippen LogP) is 5.56. The van der Waals surface area contributed by atoms with E-state index in [1.807, 2.05) is 0 Å². The molecule has 2 saturated carbocycles. The van der Waals surface area contributed by atoms with Crippen LogP contribution < -0.4 is 0 Å². The van der Waals surface area contributed by atoms with Gasteiger partial charge in [0.15, 0.2) is 0 Å². The molecule has 0 aromatic carbocycles. The van der Waals surface area contributed by atoms with Gasteiger partial charge in [-0.3, -0.25) is 0 Å². The molecule has 2 nitrogen and oxygen atoms in total. The molecule has 2 unspecified atom stereocenters. The lowest BCUT2D eigenvalue weighted by molar-refractivity contribution is 0.123. The number of aliphatic hydroxyl groups is 2. The Morgan fingerprint density at radius 1 is 1.08 bits per heavy atom. The molecule has 25 heavy (non-hydrogen) atoms. The Hall–Kier alpha value is -0.860. The Labute approximate surface area is 154 Å². The highest BCUT2D eigenvalue weighted by molar-refractivity contribution is 5.27. The lowest BCUT2D eigenvalue weighted by Gasteiger charge is -2.27. The highest BCUT2D eigenvalue weighted by atomic mass is 16.3. The van der Waals surface area contributed by atoms with Crippen molar-refractivity contribution >= 4 is 0 Å². The molecule has 2 aliphatic carbocycles. The summed E-state index contributed by atoms with van der Waals surface area (Å²) in [6, 6.07) is 0. The molecule has 142 valence electrons. The Balaban J connectivity index is 2.03. The largest absolute Gasteiger partial charge is 0.388 e. The van der Waals surface area contributed by atoms with Crippen LogP contribution in [0.25, 0.3) is 0 Å². The van der Waals surface area contributed by atoms with E-state index in [1.165, 1.54) is 44.9 Å². The van der Waals surface area contributed by atoms with Crippen molar-refractivity contribution in [1.82, 2.24) is 0 Å². The molecule has 5 atom stereocenters. The zero-order valence-electron chi connectivity index (χ0n) is 16.5. The number of rotatable bonds is 3. The molecular weight excluding hydrogens is 308 g/mol. The van der Waals surface area contributed by atoms with Crippen LogP contribution in [-0.2, 0) is 0 Å². The second-order valence-corrected chi connectivity index (χ2v) is 8.45. The maximum Gasteiger partial charge on any atom is 0.0809 e. The lowest BCUT2D eigenvalue weighted by atomic mass is 9.82. The summed E-state index contributed by atoms with van der Waals surface area (Å²) in [6.07, 6.45) is 13.6. The minimum atomic E-state index is -0.595. The zero-order chi connectivity index (χ0) is 18.4. The van der Waals surface area contributed by atoms with E-state index in [1.54, 1.807) is 5.57 Å². The van der Waals surface area contributed by atoms with Gasteiger partial charge < -0.3 is 10.2 Å². The topological polar surface area (TPSA) is 40.5 Å². The van der Waals surface area contributed by atoms with Gasteiger partial charge in [0.05, 0.1) is 12.2 Å². The van der Waals surface area contributed by atoms with Gasteiger partial charge in [0.1, 0.15) is 0 Å². The Morgan fingerprint density at radius 3 is 2.40 bits per heavy atom. The maximum atomic E-state index is 10.0. The highest BCUT2D eigenvalue weighted by Gasteiger charge is 2.25. The molecule has 0 saturated heterocycles. The molecule has 0 radical (unpaired) electrons. The monoisotopic (exact) mass is 346 g/mol. The fourth-order valence-corrected chi connectivity index (χ4v) is 4.35. The van der Waals surface area contributed by atoms with Gasteiger partial charge in [0.2, 0.25) is 0 Å². The van der Waals surface area contributed by atoms with E-state index in [9.17, 15) is 10.2 Å². The van der Waals surface area contributed by atoms with E-state index in [0.717, 1.165) is 17.4 Å². The molecule has 0 heterocycles. The summed E-state index contributed by atoms with van der Waals surface area (Å²) in [5.41, 5.74) is 3.26. The molecule has 0 amide bonds. The molecular formula is C23H38O2. The maximum absolute atomic E-state index is 10.0. The van der Waals surface area contributed by atoms with Gasteiger partial charge in [-0.2, -0.15) is 0 Å². The SMILES string of the molecule is C=C1[C@H](O)CC(=C/C=C2\CCCCC([C@H](C)CC)CCC2C)C[C@H]1O. The van der Waals surface area contributed by atoms with Gasteiger partial charge in [-0.1, -0.05) is 69.9 Å². The quantitative estimate of drug-likeness (QED) is 0.656. The first kappa shape index (κ1) is 20.5. The fourth-order valence-electron chi connectivity index (χ4n) is 4.35. The third kappa shape index (κ3) is 5.82. The van der Waals surface area contributed by atoms with Crippen LogP contribution in [0, 0.1) is 17.8 Å². The van der Waals surface area contributed by atoms with Crippen LogP contribution in [0.1, 0.15) is 78.6 Å². The molecule has 2 rings (SSSR count). The third-order valence-corrected chi connectivity index (χ3v) is 6.64. The van der Waals surface area contributed by atoms with Gasteiger partial charge in [0, 0.05) is 0 Å². The molecule has 2 aliphatic rings. The standard InChI is InChI=1S/C23H38O2/c1-5-16(2)20-8-6-7-9-21(17(3)10-12-20)13-11-19-14-22(24)18(4)23(25)15-19/h11,13,16-17,20,22-25H,4-10,12,14-15H2,1-3H3/b21-13+/t16-,17?,20?,22-,23-/m1/s1. The molecule has 0 spiro atoms. The average Bonchev–Trinajstić information content (AvgIpc) is 2.68. The van der Waals surface area contributed by atoms with Crippen molar-refractivity contribution in [3.63, 3.8) is 0 Å². The van der Waals surface area contributed by atoms with Crippen LogP contribution in [-0.4, -0.2) is 22.4 Å². The van der Waals surface area contributed by atoms with Crippen LogP contribution >= 0.6 is 0 Å². The smallest absolute Gasteiger partial charge is 0.0809 e. The van der Waals surface area contributed by atoms with E-state index >= 15 is 0 Å². The molecule has 2 heteroatoms. The number of hydrogen-bond acceptors (Lipinski definition) is 2. The Kier molecular flexibility index (Phi) is 7.96. The van der Waals surface area contributed by atoms with Crippen LogP contribution in [0.2, 0.25) is 0 Å². The fraction of sp³-hybridized carbons (Fsp3) is 0.739. The summed E-state index contributed by atoms with van der Waals surface area (Å²) in [4.78, 5) is 0. The van der Waals surface area contributed by atoms with Gasteiger partial charge in [-0.05, 0) is 61.9 Å². The predicted molar refractivity (Wildman–Crippen MR) is 106 cm³/mol. The number of hydrogen-bond donors (Lipinski definition) is 2. The molecule has 0 aliphatic heterocycles. The van der Waals surface area contributed by atoms with E-state index in [-0.39, 0.29) is 0 Å². The number of aliphatic hydroxyl groups excluding tert-OH is 2. The summed E-state index contributed by atoms with van der Waals surface area (Å²) in [5, 5.41) is 20.0. The van der Waals surface area contributed by atoms with E-state index < -0.39 is 12.2 Å². The third-order valence-electron chi connectivity index (χ3n) is 6.64. The van der Waals surface area contributed by atoms with Crippen molar-refractivity contribution in [2.45, 2.75) is 90.8 Å². The average molecular weight is 347 g/mol. The second-order valence-electron chi connectivity index (χ2n) is 8.45. The van der Waals surface area contributed by atoms with Crippen molar-refractivity contribution < 1.29 is 10.2 Å². The van der Waals surface area contributed by atoms with Crippen LogP contribution in [0.15, 0.2) is 35.5 Å². The molecule has 0 bridgehead atoms. The van der Waals surface area contributed by atoms with Gasteiger partial charge in [-0.15, -0.1) is 0 Å². The molecule has 0 aromatic heterocycles. The van der Waals surface area contributed by atoms with E-state index in [0.29, 0.717) is 24.3 Å². The lowest BCUT2D eigenvalue weighted by Crippen LogP contribution is -2.27. The molecule has 2 N–H and O–H groups in total. The van der Waals surface area contributed by atoms with Crippen molar-refractivity contribution in [2.75, 3.05) is 0 Å². The summed E-state index contributed by atoms with van der Waals surface area (Å²) < 4.78 is 0. The normalized spacial score (nSPS) is 35.0. The van der Waals surface area contributed by atoms with Crippen LogP contribution in [0.3, 0.4) is 0 Å². The van der Waals surface area contributed by atoms with Gasteiger partial charge in [0.25, 0.3) is 0 Å². The van der Waals surface area contributed by atoms with Crippen molar-refractivity contribution in [3.8, 4) is 0 Å². The van der Waals surface area contributed by atoms with Crippen LogP contribution in [0.5, 0.6) is 0 Å². The Bertz CT molecular complexity index is 486. The zero-order valence-corrected chi connectivity index (χ0v) is 16.5. The van der Waals surface area contributed by atoms with E-state index in [2.05, 4.69) is 39.5 Å². The minimum absolute atomic E-state index is 0.566. The van der Waals surface area contributed by atoms with Gasteiger partial charge in [-0.25, -0.2) is 0 Å². The Morgan fingerprint density at radius 2 is 1.76 bits per heavy atom. The first-order valence-corrected chi connectivity index (χ1v) is 10.4. The molecule has 2 fully saturated rings. The first-order valence-electron chi connectivity index (χ1n) is 10.4. The van der Waals surface area contributed by atoms with E-state index in [4.69, 9.17) is 0 Å². The second kappa shape index (κ2) is 9.73. The minimum Gasteiger partial charge on any atom is -0.388 e.